The number of piperazine rings is 1. The molecule has 0 unspecified atom stereocenters. The SMILES string of the molecule is Cc1ccc(C(C)C)c(OCC(=O)N2CCN(Cc3nc4cc(N)ccc4n3C)CC2)c1. The third-order valence-corrected chi connectivity index (χ3v) is 6.23. The standard InChI is InChI=1S/C25H33N5O2/c1-17(2)20-7-5-18(3)13-23(20)32-16-25(31)30-11-9-29(10-12-30)15-24-27-21-14-19(26)6-8-22(21)28(24)4/h5-8,13-14,17H,9-12,15-16,26H2,1-4H3. The van der Waals surface area contributed by atoms with E-state index in [0.717, 1.165) is 59.1 Å². The minimum Gasteiger partial charge on any atom is -0.483 e. The van der Waals surface area contributed by atoms with Crippen LogP contribution in [0, 0.1) is 6.92 Å². The molecule has 1 aromatic heterocycles. The Morgan fingerprint density at radius 3 is 2.59 bits per heavy atom. The molecule has 7 heteroatoms. The van der Waals surface area contributed by atoms with E-state index in [1.165, 1.54) is 0 Å². The molecule has 0 radical (unpaired) electrons. The van der Waals surface area contributed by atoms with Gasteiger partial charge in [-0.05, 0) is 48.2 Å². The lowest BCUT2D eigenvalue weighted by Gasteiger charge is -2.34. The Bertz CT molecular complexity index is 1110. The van der Waals surface area contributed by atoms with Crippen molar-refractivity contribution in [3.63, 3.8) is 0 Å². The summed E-state index contributed by atoms with van der Waals surface area (Å²) in [6.45, 7) is 10.2. The molecule has 1 amide bonds. The fraction of sp³-hybridized carbons (Fsp3) is 0.440. The van der Waals surface area contributed by atoms with Crippen LogP contribution in [0.1, 0.15) is 36.7 Å². The summed E-state index contributed by atoms with van der Waals surface area (Å²) >= 11 is 0. The van der Waals surface area contributed by atoms with E-state index in [2.05, 4.69) is 35.4 Å². The molecule has 1 aliphatic rings. The number of anilines is 1. The van der Waals surface area contributed by atoms with Crippen molar-refractivity contribution in [3.8, 4) is 5.75 Å². The van der Waals surface area contributed by atoms with Gasteiger partial charge >= 0.3 is 0 Å². The van der Waals surface area contributed by atoms with Gasteiger partial charge in [-0.15, -0.1) is 0 Å². The van der Waals surface area contributed by atoms with Gasteiger partial charge in [-0.1, -0.05) is 26.0 Å². The molecule has 170 valence electrons. The lowest BCUT2D eigenvalue weighted by molar-refractivity contribution is -0.135. The topological polar surface area (TPSA) is 76.6 Å². The van der Waals surface area contributed by atoms with Gasteiger partial charge < -0.3 is 19.9 Å². The summed E-state index contributed by atoms with van der Waals surface area (Å²) in [4.78, 5) is 21.8. The number of carbonyl (C=O) groups excluding carboxylic acids is 1. The number of nitrogens with zero attached hydrogens (tertiary/aromatic N) is 4. The highest BCUT2D eigenvalue weighted by molar-refractivity contribution is 5.79. The Morgan fingerprint density at radius 1 is 1.12 bits per heavy atom. The first-order valence-electron chi connectivity index (χ1n) is 11.3. The summed E-state index contributed by atoms with van der Waals surface area (Å²) in [5.41, 5.74) is 10.9. The molecule has 32 heavy (non-hydrogen) atoms. The maximum atomic E-state index is 12.8. The number of carbonyl (C=O) groups is 1. The highest BCUT2D eigenvalue weighted by Gasteiger charge is 2.23. The maximum absolute atomic E-state index is 12.8. The van der Waals surface area contributed by atoms with E-state index in [0.29, 0.717) is 19.0 Å². The largest absolute Gasteiger partial charge is 0.483 e. The van der Waals surface area contributed by atoms with E-state index < -0.39 is 0 Å². The number of fused-ring (bicyclic) bond motifs is 1. The van der Waals surface area contributed by atoms with E-state index >= 15 is 0 Å². The van der Waals surface area contributed by atoms with Crippen molar-refractivity contribution >= 4 is 22.6 Å². The van der Waals surface area contributed by atoms with Gasteiger partial charge in [-0.3, -0.25) is 9.69 Å². The smallest absolute Gasteiger partial charge is 0.260 e. The summed E-state index contributed by atoms with van der Waals surface area (Å²) in [7, 11) is 2.04. The Hall–Kier alpha value is -3.06. The average molecular weight is 436 g/mol. The van der Waals surface area contributed by atoms with E-state index in [9.17, 15) is 4.79 Å². The van der Waals surface area contributed by atoms with Crippen molar-refractivity contribution in [1.29, 1.82) is 0 Å². The van der Waals surface area contributed by atoms with Gasteiger partial charge in [0, 0.05) is 38.9 Å². The lowest BCUT2D eigenvalue weighted by atomic mass is 10.0. The fourth-order valence-corrected chi connectivity index (χ4v) is 4.24. The van der Waals surface area contributed by atoms with Gasteiger partial charge in [0.1, 0.15) is 11.6 Å². The van der Waals surface area contributed by atoms with Crippen LogP contribution < -0.4 is 10.5 Å². The third-order valence-electron chi connectivity index (χ3n) is 6.23. The molecule has 0 saturated carbocycles. The van der Waals surface area contributed by atoms with Crippen LogP contribution in [0.4, 0.5) is 5.69 Å². The zero-order valence-corrected chi connectivity index (χ0v) is 19.5. The summed E-state index contributed by atoms with van der Waals surface area (Å²) in [5.74, 6) is 2.21. The molecule has 7 nitrogen and oxygen atoms in total. The van der Waals surface area contributed by atoms with Crippen molar-refractivity contribution in [3.05, 3.63) is 53.3 Å². The molecular weight excluding hydrogens is 402 g/mol. The Labute approximate surface area is 189 Å². The van der Waals surface area contributed by atoms with Crippen LogP contribution in [0.25, 0.3) is 11.0 Å². The molecule has 0 spiro atoms. The number of benzene rings is 2. The first kappa shape index (κ1) is 22.1. The van der Waals surface area contributed by atoms with Gasteiger partial charge in [-0.25, -0.2) is 4.98 Å². The molecular formula is C25H33N5O2. The lowest BCUT2D eigenvalue weighted by Crippen LogP contribution is -2.49. The molecule has 2 N–H and O–H groups in total. The molecule has 1 aliphatic heterocycles. The second-order valence-corrected chi connectivity index (χ2v) is 8.98. The van der Waals surface area contributed by atoms with Crippen LogP contribution in [-0.4, -0.2) is 58.0 Å². The minimum absolute atomic E-state index is 0.0408. The summed E-state index contributed by atoms with van der Waals surface area (Å²) < 4.78 is 8.07. The van der Waals surface area contributed by atoms with Crippen LogP contribution in [0.15, 0.2) is 36.4 Å². The zero-order valence-electron chi connectivity index (χ0n) is 19.5. The second kappa shape index (κ2) is 9.20. The third kappa shape index (κ3) is 4.72. The van der Waals surface area contributed by atoms with Crippen LogP contribution in [0.3, 0.4) is 0 Å². The number of nitrogens with two attached hydrogens (primary N) is 1. The van der Waals surface area contributed by atoms with E-state index in [-0.39, 0.29) is 12.5 Å². The predicted molar refractivity (Wildman–Crippen MR) is 128 cm³/mol. The number of imidazole rings is 1. The number of aromatic nitrogens is 2. The normalized spacial score (nSPS) is 15.0. The first-order valence-corrected chi connectivity index (χ1v) is 11.3. The van der Waals surface area contributed by atoms with Crippen molar-refractivity contribution in [2.45, 2.75) is 33.2 Å². The number of amides is 1. The highest BCUT2D eigenvalue weighted by Crippen LogP contribution is 2.27. The van der Waals surface area contributed by atoms with E-state index in [1.54, 1.807) is 0 Å². The van der Waals surface area contributed by atoms with Gasteiger partial charge in [-0.2, -0.15) is 0 Å². The molecule has 3 aromatic rings. The monoisotopic (exact) mass is 435 g/mol. The van der Waals surface area contributed by atoms with Crippen LogP contribution in [0.5, 0.6) is 5.75 Å². The van der Waals surface area contributed by atoms with Gasteiger partial charge in [0.25, 0.3) is 5.91 Å². The summed E-state index contributed by atoms with van der Waals surface area (Å²) in [6.07, 6.45) is 0. The molecule has 1 fully saturated rings. The Morgan fingerprint density at radius 2 is 1.88 bits per heavy atom. The quantitative estimate of drug-likeness (QED) is 0.601. The zero-order chi connectivity index (χ0) is 22.8. The average Bonchev–Trinajstić information content (AvgIpc) is 3.06. The van der Waals surface area contributed by atoms with Gasteiger partial charge in [0.2, 0.25) is 0 Å². The molecule has 2 heterocycles. The maximum Gasteiger partial charge on any atom is 0.260 e. The number of hydrogen-bond acceptors (Lipinski definition) is 5. The van der Waals surface area contributed by atoms with Crippen molar-refractivity contribution in [1.82, 2.24) is 19.4 Å². The minimum atomic E-state index is 0.0408. The first-order chi connectivity index (χ1) is 15.3. The van der Waals surface area contributed by atoms with Gasteiger partial charge in [0.05, 0.1) is 17.6 Å². The van der Waals surface area contributed by atoms with Crippen molar-refractivity contribution in [2.75, 3.05) is 38.5 Å². The van der Waals surface area contributed by atoms with Gasteiger partial charge in [0.15, 0.2) is 6.61 Å². The van der Waals surface area contributed by atoms with E-state index in [4.69, 9.17) is 15.5 Å². The molecule has 0 bridgehead atoms. The van der Waals surface area contributed by atoms with Crippen LogP contribution >= 0.6 is 0 Å². The summed E-state index contributed by atoms with van der Waals surface area (Å²) in [5, 5.41) is 0. The molecule has 0 aliphatic carbocycles. The Balaban J connectivity index is 1.32. The molecule has 0 atom stereocenters. The number of rotatable bonds is 6. The summed E-state index contributed by atoms with van der Waals surface area (Å²) in [6, 6.07) is 12.0. The predicted octanol–water partition coefficient (Wildman–Crippen LogP) is 3.31. The van der Waals surface area contributed by atoms with Crippen molar-refractivity contribution < 1.29 is 9.53 Å². The number of ether oxygens (including phenoxy) is 1. The molecule has 2 aromatic carbocycles. The van der Waals surface area contributed by atoms with E-state index in [1.807, 2.05) is 43.1 Å². The highest BCUT2D eigenvalue weighted by atomic mass is 16.5. The fourth-order valence-electron chi connectivity index (χ4n) is 4.24. The number of aryl methyl sites for hydroxylation is 2. The van der Waals surface area contributed by atoms with Crippen LogP contribution in [-0.2, 0) is 18.4 Å². The number of hydrogen-bond donors (Lipinski definition) is 1. The molecule has 4 rings (SSSR count). The second-order valence-electron chi connectivity index (χ2n) is 8.98. The Kier molecular flexibility index (Phi) is 6.37. The van der Waals surface area contributed by atoms with Crippen LogP contribution in [0.2, 0.25) is 0 Å². The number of nitrogen functional groups attached to an aromatic ring is 1. The van der Waals surface area contributed by atoms with Crippen molar-refractivity contribution in [2.24, 2.45) is 7.05 Å². The molecule has 1 saturated heterocycles.